The number of nitrogens with one attached hydrogen (secondary N) is 3. The summed E-state index contributed by atoms with van der Waals surface area (Å²) in [6.45, 7) is 8.20. The minimum atomic E-state index is -0.481. The van der Waals surface area contributed by atoms with E-state index in [0.717, 1.165) is 18.5 Å². The lowest BCUT2D eigenvalue weighted by molar-refractivity contribution is -0.120. The molecule has 2 rings (SSSR count). The zero-order valence-electron chi connectivity index (χ0n) is 13.7. The number of rotatable bonds is 4. The first-order chi connectivity index (χ1) is 10.3. The molecule has 0 aromatic heterocycles. The van der Waals surface area contributed by atoms with Gasteiger partial charge in [0.1, 0.15) is 6.04 Å². The molecular formula is C17H25N3O2. The van der Waals surface area contributed by atoms with Crippen molar-refractivity contribution in [3.8, 4) is 0 Å². The predicted octanol–water partition coefficient (Wildman–Crippen LogP) is 2.77. The van der Waals surface area contributed by atoms with Crippen LogP contribution in [0.1, 0.15) is 46.1 Å². The average Bonchev–Trinajstić information content (AvgIpc) is 3.21. The van der Waals surface area contributed by atoms with E-state index in [1.807, 2.05) is 24.3 Å². The number of carbonyl (C=O) groups excluding carboxylic acids is 2. The van der Waals surface area contributed by atoms with E-state index in [1.54, 1.807) is 6.92 Å². The van der Waals surface area contributed by atoms with Gasteiger partial charge < -0.3 is 10.6 Å². The number of carbonyl (C=O) groups is 2. The van der Waals surface area contributed by atoms with E-state index in [-0.39, 0.29) is 17.4 Å². The van der Waals surface area contributed by atoms with Crippen molar-refractivity contribution in [2.24, 2.45) is 0 Å². The third-order valence-electron chi connectivity index (χ3n) is 3.68. The van der Waals surface area contributed by atoms with Crippen LogP contribution in [-0.2, 0) is 10.2 Å². The molecule has 1 atom stereocenters. The van der Waals surface area contributed by atoms with Gasteiger partial charge in [0.25, 0.3) is 0 Å². The molecule has 0 radical (unpaired) electrons. The highest BCUT2D eigenvalue weighted by Crippen LogP contribution is 2.23. The highest BCUT2D eigenvalue weighted by molar-refractivity contribution is 5.98. The number of anilines is 1. The Morgan fingerprint density at radius 2 is 1.73 bits per heavy atom. The van der Waals surface area contributed by atoms with E-state index in [0.29, 0.717) is 0 Å². The van der Waals surface area contributed by atoms with Crippen molar-refractivity contribution >= 4 is 17.6 Å². The molecule has 1 aliphatic carbocycles. The summed E-state index contributed by atoms with van der Waals surface area (Å²) >= 11 is 0. The molecule has 22 heavy (non-hydrogen) atoms. The zero-order chi connectivity index (χ0) is 16.3. The van der Waals surface area contributed by atoms with Gasteiger partial charge in [0.2, 0.25) is 5.91 Å². The predicted molar refractivity (Wildman–Crippen MR) is 87.9 cm³/mol. The van der Waals surface area contributed by atoms with Crippen molar-refractivity contribution in [2.75, 3.05) is 5.32 Å². The Kier molecular flexibility index (Phi) is 4.74. The topological polar surface area (TPSA) is 70.2 Å². The molecule has 1 unspecified atom stereocenters. The Balaban J connectivity index is 1.86. The second kappa shape index (κ2) is 6.38. The second-order valence-corrected chi connectivity index (χ2v) is 6.93. The molecule has 0 bridgehead atoms. The van der Waals surface area contributed by atoms with E-state index in [9.17, 15) is 9.59 Å². The molecule has 1 fully saturated rings. The summed E-state index contributed by atoms with van der Waals surface area (Å²) in [5.41, 5.74) is 2.19. The first kappa shape index (κ1) is 16.3. The van der Waals surface area contributed by atoms with Crippen LogP contribution in [0.5, 0.6) is 0 Å². The highest BCUT2D eigenvalue weighted by atomic mass is 16.2. The van der Waals surface area contributed by atoms with Crippen LogP contribution in [0.25, 0.3) is 0 Å². The number of hydrogen-bond acceptors (Lipinski definition) is 3. The summed E-state index contributed by atoms with van der Waals surface area (Å²) < 4.78 is 0. The van der Waals surface area contributed by atoms with Gasteiger partial charge >= 0.3 is 6.03 Å². The normalized spacial score (nSPS) is 15.8. The Hall–Kier alpha value is -2.04. The van der Waals surface area contributed by atoms with Crippen LogP contribution in [0.2, 0.25) is 0 Å². The molecule has 3 amide bonds. The standard InChI is InChI=1S/C17H25N3O2/c1-11(15(21)20-16(22)19-14-9-10-14)18-13-7-5-12(6-8-13)17(2,3)4/h5-8,11,14,18H,9-10H2,1-4H3,(H2,19,20,21,22). The average molecular weight is 303 g/mol. The molecule has 5 heteroatoms. The zero-order valence-corrected chi connectivity index (χ0v) is 13.7. The molecule has 5 nitrogen and oxygen atoms in total. The maximum absolute atomic E-state index is 12.0. The Morgan fingerprint density at radius 1 is 1.14 bits per heavy atom. The second-order valence-electron chi connectivity index (χ2n) is 6.93. The smallest absolute Gasteiger partial charge is 0.321 e. The Bertz CT molecular complexity index is 542. The van der Waals surface area contributed by atoms with Crippen molar-refractivity contribution < 1.29 is 9.59 Å². The largest absolute Gasteiger partial charge is 0.374 e. The van der Waals surface area contributed by atoms with Crippen LogP contribution < -0.4 is 16.0 Å². The van der Waals surface area contributed by atoms with Crippen LogP contribution >= 0.6 is 0 Å². The van der Waals surface area contributed by atoms with Gasteiger partial charge in [0, 0.05) is 11.7 Å². The molecule has 0 aliphatic heterocycles. The Morgan fingerprint density at radius 3 is 2.23 bits per heavy atom. The molecule has 1 saturated carbocycles. The van der Waals surface area contributed by atoms with Crippen LogP contribution in [-0.4, -0.2) is 24.0 Å². The van der Waals surface area contributed by atoms with E-state index >= 15 is 0 Å². The summed E-state index contributed by atoms with van der Waals surface area (Å²) in [5, 5.41) is 8.19. The third-order valence-corrected chi connectivity index (χ3v) is 3.68. The summed E-state index contributed by atoms with van der Waals surface area (Å²) in [7, 11) is 0. The minimum Gasteiger partial charge on any atom is -0.374 e. The molecule has 0 saturated heterocycles. The lowest BCUT2D eigenvalue weighted by Gasteiger charge is -2.20. The quantitative estimate of drug-likeness (QED) is 0.801. The fourth-order valence-corrected chi connectivity index (χ4v) is 2.05. The lowest BCUT2D eigenvalue weighted by atomic mass is 9.87. The minimum absolute atomic E-state index is 0.0996. The van der Waals surface area contributed by atoms with E-state index in [1.165, 1.54) is 5.56 Å². The van der Waals surface area contributed by atoms with Gasteiger partial charge in [-0.05, 0) is 42.9 Å². The van der Waals surface area contributed by atoms with Crippen molar-refractivity contribution in [2.45, 2.75) is 58.0 Å². The molecule has 0 heterocycles. The van der Waals surface area contributed by atoms with Gasteiger partial charge in [-0.15, -0.1) is 0 Å². The lowest BCUT2D eigenvalue weighted by Crippen LogP contribution is -2.46. The number of amides is 3. The molecule has 1 aromatic carbocycles. The van der Waals surface area contributed by atoms with Gasteiger partial charge in [-0.3, -0.25) is 10.1 Å². The summed E-state index contributed by atoms with van der Waals surface area (Å²) in [6, 6.07) is 7.35. The van der Waals surface area contributed by atoms with Crippen LogP contribution in [0.4, 0.5) is 10.5 Å². The maximum atomic E-state index is 12.0. The first-order valence-electron chi connectivity index (χ1n) is 7.74. The highest BCUT2D eigenvalue weighted by Gasteiger charge is 2.25. The molecule has 0 spiro atoms. The number of imide groups is 1. The molecular weight excluding hydrogens is 278 g/mol. The molecule has 3 N–H and O–H groups in total. The van der Waals surface area contributed by atoms with Crippen molar-refractivity contribution in [1.29, 1.82) is 0 Å². The number of hydrogen-bond donors (Lipinski definition) is 3. The van der Waals surface area contributed by atoms with Crippen LogP contribution in [0.15, 0.2) is 24.3 Å². The van der Waals surface area contributed by atoms with E-state index in [4.69, 9.17) is 0 Å². The van der Waals surface area contributed by atoms with Crippen molar-refractivity contribution in [3.63, 3.8) is 0 Å². The number of urea groups is 1. The molecule has 1 aliphatic rings. The van der Waals surface area contributed by atoms with Gasteiger partial charge in [0.05, 0.1) is 0 Å². The SMILES string of the molecule is CC(Nc1ccc(C(C)(C)C)cc1)C(=O)NC(=O)NC1CC1. The summed E-state index contributed by atoms with van der Waals surface area (Å²) in [5.74, 6) is -0.335. The fraction of sp³-hybridized carbons (Fsp3) is 0.529. The van der Waals surface area contributed by atoms with Crippen LogP contribution in [0, 0.1) is 0 Å². The number of benzene rings is 1. The monoisotopic (exact) mass is 303 g/mol. The summed E-state index contributed by atoms with van der Waals surface area (Å²) in [4.78, 5) is 23.5. The molecule has 1 aromatic rings. The summed E-state index contributed by atoms with van der Waals surface area (Å²) in [6.07, 6.45) is 1.99. The Labute approximate surface area is 131 Å². The van der Waals surface area contributed by atoms with E-state index in [2.05, 4.69) is 36.7 Å². The van der Waals surface area contributed by atoms with Gasteiger partial charge in [-0.2, -0.15) is 0 Å². The fourth-order valence-electron chi connectivity index (χ4n) is 2.05. The molecule has 120 valence electrons. The van der Waals surface area contributed by atoms with E-state index < -0.39 is 12.1 Å². The first-order valence-corrected chi connectivity index (χ1v) is 7.74. The maximum Gasteiger partial charge on any atom is 0.321 e. The van der Waals surface area contributed by atoms with Crippen molar-refractivity contribution in [3.05, 3.63) is 29.8 Å². The van der Waals surface area contributed by atoms with Gasteiger partial charge in [-0.25, -0.2) is 4.79 Å². The van der Waals surface area contributed by atoms with Gasteiger partial charge in [-0.1, -0.05) is 32.9 Å². The third kappa shape index (κ3) is 4.76. The van der Waals surface area contributed by atoms with Gasteiger partial charge in [0.15, 0.2) is 0 Å². The van der Waals surface area contributed by atoms with Crippen molar-refractivity contribution in [1.82, 2.24) is 10.6 Å². The van der Waals surface area contributed by atoms with Crippen LogP contribution in [0.3, 0.4) is 0 Å².